The predicted molar refractivity (Wildman–Crippen MR) is 110 cm³/mol. The van der Waals surface area contributed by atoms with Crippen molar-refractivity contribution in [3.05, 3.63) is 47.3 Å². The van der Waals surface area contributed by atoms with E-state index in [4.69, 9.17) is 4.74 Å². The lowest BCUT2D eigenvalue weighted by atomic mass is 9.85. The molecule has 28 heavy (non-hydrogen) atoms. The van der Waals surface area contributed by atoms with E-state index < -0.39 is 10.0 Å². The van der Waals surface area contributed by atoms with Crippen LogP contribution in [-0.4, -0.2) is 38.8 Å². The molecule has 1 unspecified atom stereocenters. The Hall–Kier alpha value is -1.90. The van der Waals surface area contributed by atoms with Crippen LogP contribution in [0.2, 0.25) is 0 Å². The molecule has 3 rings (SSSR count). The normalized spacial score (nSPS) is 17.2. The number of hydrogen-bond acceptors (Lipinski definition) is 5. The van der Waals surface area contributed by atoms with E-state index in [1.807, 2.05) is 31.2 Å². The number of carbonyl (C=O) groups excluding carboxylic acids is 1. The van der Waals surface area contributed by atoms with E-state index in [0.717, 1.165) is 11.3 Å². The van der Waals surface area contributed by atoms with Gasteiger partial charge in [-0.3, -0.25) is 4.79 Å². The Morgan fingerprint density at radius 1 is 1.25 bits per heavy atom. The maximum atomic E-state index is 12.6. The van der Waals surface area contributed by atoms with Gasteiger partial charge in [0.15, 0.2) is 0 Å². The van der Waals surface area contributed by atoms with Crippen molar-refractivity contribution >= 4 is 27.3 Å². The summed E-state index contributed by atoms with van der Waals surface area (Å²) >= 11 is 1.24. The molecule has 1 saturated heterocycles. The van der Waals surface area contributed by atoms with Gasteiger partial charge in [0.1, 0.15) is 9.96 Å². The Bertz CT molecular complexity index is 871. The van der Waals surface area contributed by atoms with Crippen LogP contribution in [-0.2, 0) is 21.4 Å². The highest BCUT2D eigenvalue weighted by Gasteiger charge is 2.33. The molecule has 6 nitrogen and oxygen atoms in total. The number of rotatable bonds is 7. The molecule has 1 aromatic heterocycles. The van der Waals surface area contributed by atoms with Crippen LogP contribution in [0.15, 0.2) is 46.0 Å². The molecule has 0 aliphatic carbocycles. The molecule has 0 saturated carbocycles. The van der Waals surface area contributed by atoms with E-state index in [1.165, 1.54) is 15.6 Å². The number of nitrogens with one attached hydrogen (secondary N) is 1. The van der Waals surface area contributed by atoms with Crippen molar-refractivity contribution in [1.29, 1.82) is 0 Å². The SMILES string of the molecule is COc1ccc(CNC(=O)C(C)C2CCN(S(=O)(=O)c3cccs3)CC2)cc1. The van der Waals surface area contributed by atoms with E-state index in [2.05, 4.69) is 5.32 Å². The zero-order chi connectivity index (χ0) is 20.1. The number of amides is 1. The molecule has 1 atom stereocenters. The minimum Gasteiger partial charge on any atom is -0.497 e. The van der Waals surface area contributed by atoms with Gasteiger partial charge in [0, 0.05) is 25.6 Å². The first-order valence-electron chi connectivity index (χ1n) is 9.36. The highest BCUT2D eigenvalue weighted by Crippen LogP contribution is 2.30. The van der Waals surface area contributed by atoms with Crippen molar-refractivity contribution < 1.29 is 17.9 Å². The Balaban J connectivity index is 1.50. The van der Waals surface area contributed by atoms with Gasteiger partial charge in [0.05, 0.1) is 7.11 Å². The van der Waals surface area contributed by atoms with Crippen LogP contribution >= 0.6 is 11.3 Å². The quantitative estimate of drug-likeness (QED) is 0.744. The van der Waals surface area contributed by atoms with Gasteiger partial charge < -0.3 is 10.1 Å². The second-order valence-electron chi connectivity index (χ2n) is 7.03. The van der Waals surface area contributed by atoms with Gasteiger partial charge in [-0.05, 0) is 47.9 Å². The van der Waals surface area contributed by atoms with Crippen LogP contribution in [0, 0.1) is 11.8 Å². The molecule has 1 amide bonds. The first-order chi connectivity index (χ1) is 13.4. The molecule has 1 aromatic carbocycles. The number of thiophene rings is 1. The average molecular weight is 423 g/mol. The van der Waals surface area contributed by atoms with Crippen LogP contribution < -0.4 is 10.1 Å². The molecule has 0 radical (unpaired) electrons. The first-order valence-corrected chi connectivity index (χ1v) is 11.7. The summed E-state index contributed by atoms with van der Waals surface area (Å²) in [7, 11) is -1.78. The molecule has 2 aromatic rings. The maximum absolute atomic E-state index is 12.6. The summed E-state index contributed by atoms with van der Waals surface area (Å²) in [5, 5.41) is 4.76. The molecule has 0 spiro atoms. The number of hydrogen-bond donors (Lipinski definition) is 1. The second-order valence-corrected chi connectivity index (χ2v) is 10.1. The molecule has 8 heteroatoms. The Morgan fingerprint density at radius 2 is 1.93 bits per heavy atom. The Morgan fingerprint density at radius 3 is 2.50 bits per heavy atom. The van der Waals surface area contributed by atoms with Gasteiger partial charge in [0.25, 0.3) is 10.0 Å². The van der Waals surface area contributed by atoms with Gasteiger partial charge in [0.2, 0.25) is 5.91 Å². The van der Waals surface area contributed by atoms with E-state index in [-0.39, 0.29) is 17.7 Å². The molecule has 1 fully saturated rings. The third-order valence-corrected chi connectivity index (χ3v) is 8.61. The molecule has 0 bridgehead atoms. The monoisotopic (exact) mass is 422 g/mol. The third-order valence-electron chi connectivity index (χ3n) is 5.33. The van der Waals surface area contributed by atoms with Crippen molar-refractivity contribution in [3.8, 4) is 5.75 Å². The minimum absolute atomic E-state index is 0.00961. The summed E-state index contributed by atoms with van der Waals surface area (Å²) in [5.74, 6) is 0.832. The molecule has 1 aliphatic rings. The van der Waals surface area contributed by atoms with Gasteiger partial charge in [-0.1, -0.05) is 25.1 Å². The summed E-state index contributed by atoms with van der Waals surface area (Å²) < 4.78 is 32.3. The highest BCUT2D eigenvalue weighted by molar-refractivity contribution is 7.91. The lowest BCUT2D eigenvalue weighted by molar-refractivity contribution is -0.126. The number of methoxy groups -OCH3 is 1. The molecular weight excluding hydrogens is 396 g/mol. The molecule has 152 valence electrons. The summed E-state index contributed by atoms with van der Waals surface area (Å²) in [6.45, 7) is 3.32. The standard InChI is InChI=1S/C20H26N2O4S2/c1-15(20(23)21-14-16-5-7-18(26-2)8-6-16)17-9-11-22(12-10-17)28(24,25)19-4-3-13-27-19/h3-8,13,15,17H,9-12,14H2,1-2H3,(H,21,23). The van der Waals surface area contributed by atoms with E-state index in [9.17, 15) is 13.2 Å². The zero-order valence-electron chi connectivity index (χ0n) is 16.1. The number of nitrogens with zero attached hydrogens (tertiary/aromatic N) is 1. The van der Waals surface area contributed by atoms with Crippen LogP contribution in [0.25, 0.3) is 0 Å². The number of sulfonamides is 1. The summed E-state index contributed by atoms with van der Waals surface area (Å²) in [5.41, 5.74) is 1.01. The van der Waals surface area contributed by atoms with Crippen molar-refractivity contribution in [2.45, 2.75) is 30.5 Å². The van der Waals surface area contributed by atoms with E-state index in [1.54, 1.807) is 24.6 Å². The smallest absolute Gasteiger partial charge is 0.252 e. The fourth-order valence-corrected chi connectivity index (χ4v) is 6.08. The molecule has 1 N–H and O–H groups in total. The summed E-state index contributed by atoms with van der Waals surface area (Å²) in [6, 6.07) is 11.0. The van der Waals surface area contributed by atoms with Crippen molar-refractivity contribution in [3.63, 3.8) is 0 Å². The van der Waals surface area contributed by atoms with Crippen molar-refractivity contribution in [1.82, 2.24) is 9.62 Å². The summed E-state index contributed by atoms with van der Waals surface area (Å²) in [6.07, 6.45) is 1.39. The Labute approximate surface area is 170 Å². The van der Waals surface area contributed by atoms with Gasteiger partial charge in [-0.2, -0.15) is 4.31 Å². The molecule has 2 heterocycles. The average Bonchev–Trinajstić information content (AvgIpc) is 3.28. The number of carbonyl (C=O) groups is 1. The zero-order valence-corrected chi connectivity index (χ0v) is 17.8. The van der Waals surface area contributed by atoms with Gasteiger partial charge in [-0.25, -0.2) is 8.42 Å². The maximum Gasteiger partial charge on any atom is 0.252 e. The minimum atomic E-state index is -3.40. The molecule has 1 aliphatic heterocycles. The number of piperidine rings is 1. The highest BCUT2D eigenvalue weighted by atomic mass is 32.2. The number of ether oxygens (including phenoxy) is 1. The van der Waals surface area contributed by atoms with Crippen LogP contribution in [0.4, 0.5) is 0 Å². The third kappa shape index (κ3) is 4.74. The van der Waals surface area contributed by atoms with Crippen LogP contribution in [0.1, 0.15) is 25.3 Å². The topological polar surface area (TPSA) is 75.7 Å². The van der Waals surface area contributed by atoms with Crippen LogP contribution in [0.3, 0.4) is 0 Å². The van der Waals surface area contributed by atoms with Crippen LogP contribution in [0.5, 0.6) is 5.75 Å². The number of benzene rings is 1. The van der Waals surface area contributed by atoms with Gasteiger partial charge in [-0.15, -0.1) is 11.3 Å². The summed E-state index contributed by atoms with van der Waals surface area (Å²) in [4.78, 5) is 12.5. The lowest BCUT2D eigenvalue weighted by Gasteiger charge is -2.33. The molecular formula is C20H26N2O4S2. The lowest BCUT2D eigenvalue weighted by Crippen LogP contribution is -2.42. The first kappa shape index (κ1) is 20.8. The predicted octanol–water partition coefficient (Wildman–Crippen LogP) is 3.11. The fraction of sp³-hybridized carbons (Fsp3) is 0.450. The van der Waals surface area contributed by atoms with Crippen molar-refractivity contribution in [2.75, 3.05) is 20.2 Å². The largest absolute Gasteiger partial charge is 0.497 e. The van der Waals surface area contributed by atoms with Crippen molar-refractivity contribution in [2.24, 2.45) is 11.8 Å². The van der Waals surface area contributed by atoms with E-state index >= 15 is 0 Å². The van der Waals surface area contributed by atoms with Gasteiger partial charge >= 0.3 is 0 Å². The fourth-order valence-electron chi connectivity index (χ4n) is 3.46. The van der Waals surface area contributed by atoms with E-state index in [0.29, 0.717) is 36.7 Å². The second kappa shape index (κ2) is 9.07. The Kier molecular flexibility index (Phi) is 6.74.